The van der Waals surface area contributed by atoms with Gasteiger partial charge in [0.25, 0.3) is 0 Å². The molecular weight excluding hydrogens is 378 g/mol. The fourth-order valence-electron chi connectivity index (χ4n) is 6.31. The van der Waals surface area contributed by atoms with Gasteiger partial charge in [0.2, 0.25) is 0 Å². The zero-order chi connectivity index (χ0) is 21.0. The van der Waals surface area contributed by atoms with Crippen LogP contribution in [0.15, 0.2) is 36.4 Å². The van der Waals surface area contributed by atoms with E-state index in [2.05, 4.69) is 11.4 Å². The summed E-state index contributed by atoms with van der Waals surface area (Å²) in [5.41, 5.74) is 5.74. The Bertz CT molecular complexity index is 1010. The van der Waals surface area contributed by atoms with Crippen LogP contribution in [0.5, 0.6) is 0 Å². The highest BCUT2D eigenvalue weighted by molar-refractivity contribution is 5.93. The topological polar surface area (TPSA) is 64.6 Å². The fraction of sp³-hybridized carbons (Fsp3) is 0.440. The standard InChI is InChI=1S/C25H27NO4/c1-13-18(25(28)30-3)10-11-19-20-16-8-9-17(12-16)21(20)23(26-22(13)19)14-4-6-15(7-5-14)24(27)29-2/h4-7,10-11,16-17,20-21,23,26H,8-9,12H2,1-3H3/t16-,17-,20+,21+,23-/m0/s1. The maximum absolute atomic E-state index is 12.3. The summed E-state index contributed by atoms with van der Waals surface area (Å²) in [7, 11) is 2.82. The summed E-state index contributed by atoms with van der Waals surface area (Å²) in [6.45, 7) is 2.00. The first-order valence-electron chi connectivity index (χ1n) is 10.7. The summed E-state index contributed by atoms with van der Waals surface area (Å²) < 4.78 is 9.83. The van der Waals surface area contributed by atoms with E-state index in [4.69, 9.17) is 9.47 Å². The Balaban J connectivity index is 1.59. The van der Waals surface area contributed by atoms with E-state index >= 15 is 0 Å². The molecule has 1 N–H and O–H groups in total. The molecule has 0 unspecified atom stereocenters. The molecule has 5 nitrogen and oxygen atoms in total. The van der Waals surface area contributed by atoms with E-state index in [-0.39, 0.29) is 18.0 Å². The van der Waals surface area contributed by atoms with E-state index in [0.717, 1.165) is 11.3 Å². The fourth-order valence-corrected chi connectivity index (χ4v) is 6.31. The van der Waals surface area contributed by atoms with Crippen LogP contribution in [0.25, 0.3) is 0 Å². The van der Waals surface area contributed by atoms with Crippen LogP contribution in [0, 0.1) is 24.7 Å². The molecule has 1 heterocycles. The van der Waals surface area contributed by atoms with Crippen molar-refractivity contribution in [3.63, 3.8) is 0 Å². The first kappa shape index (κ1) is 19.2. The zero-order valence-corrected chi connectivity index (χ0v) is 17.6. The van der Waals surface area contributed by atoms with E-state index in [1.165, 1.54) is 44.6 Å². The SMILES string of the molecule is COC(=O)c1ccc([C@@H]2Nc3c(ccc(C(=O)OC)c3C)[C@H]3[C@H]4CC[C@@H](C4)[C@H]32)cc1. The summed E-state index contributed by atoms with van der Waals surface area (Å²) in [6, 6.07) is 12.0. The van der Waals surface area contributed by atoms with E-state index in [1.807, 2.05) is 37.3 Å². The summed E-state index contributed by atoms with van der Waals surface area (Å²) in [6.07, 6.45) is 3.86. The molecule has 2 fully saturated rings. The predicted octanol–water partition coefficient (Wildman–Crippen LogP) is 4.86. The average Bonchev–Trinajstić information content (AvgIpc) is 3.41. The van der Waals surface area contributed by atoms with Crippen LogP contribution in [0.2, 0.25) is 0 Å². The molecule has 5 heteroatoms. The van der Waals surface area contributed by atoms with Gasteiger partial charge in [-0.2, -0.15) is 0 Å². The molecule has 0 radical (unpaired) electrons. The van der Waals surface area contributed by atoms with Gasteiger partial charge < -0.3 is 14.8 Å². The van der Waals surface area contributed by atoms with Crippen LogP contribution in [-0.2, 0) is 9.47 Å². The Morgan fingerprint density at radius 2 is 1.63 bits per heavy atom. The van der Waals surface area contributed by atoms with Crippen molar-refractivity contribution in [1.82, 2.24) is 0 Å². The predicted molar refractivity (Wildman–Crippen MR) is 114 cm³/mol. The second kappa shape index (κ2) is 7.15. The van der Waals surface area contributed by atoms with Gasteiger partial charge in [-0.1, -0.05) is 18.2 Å². The Kier molecular flexibility index (Phi) is 4.57. The van der Waals surface area contributed by atoms with Crippen molar-refractivity contribution in [2.24, 2.45) is 17.8 Å². The van der Waals surface area contributed by atoms with Gasteiger partial charge in [-0.05, 0) is 84.7 Å². The van der Waals surface area contributed by atoms with E-state index in [1.54, 1.807) is 0 Å². The number of methoxy groups -OCH3 is 2. The smallest absolute Gasteiger partial charge is 0.338 e. The largest absolute Gasteiger partial charge is 0.465 e. The molecule has 2 aliphatic carbocycles. The van der Waals surface area contributed by atoms with Crippen LogP contribution in [0.3, 0.4) is 0 Å². The summed E-state index contributed by atoms with van der Waals surface area (Å²) in [4.78, 5) is 24.1. The Labute approximate surface area is 176 Å². The van der Waals surface area contributed by atoms with Crippen molar-refractivity contribution >= 4 is 17.6 Å². The van der Waals surface area contributed by atoms with Crippen molar-refractivity contribution in [1.29, 1.82) is 0 Å². The molecule has 0 saturated heterocycles. The Morgan fingerprint density at radius 1 is 0.933 bits per heavy atom. The number of hydrogen-bond acceptors (Lipinski definition) is 5. The van der Waals surface area contributed by atoms with Crippen LogP contribution in [0.1, 0.15) is 68.6 Å². The van der Waals surface area contributed by atoms with Gasteiger partial charge in [-0.25, -0.2) is 9.59 Å². The maximum Gasteiger partial charge on any atom is 0.338 e. The molecule has 30 heavy (non-hydrogen) atoms. The molecule has 5 atom stereocenters. The van der Waals surface area contributed by atoms with Gasteiger partial charge in [-0.3, -0.25) is 0 Å². The molecule has 1 aliphatic heterocycles. The molecule has 156 valence electrons. The normalized spacial score (nSPS) is 28.3. The second-order valence-corrected chi connectivity index (χ2v) is 8.87. The van der Waals surface area contributed by atoms with E-state index in [9.17, 15) is 9.59 Å². The molecule has 0 amide bonds. The number of benzene rings is 2. The lowest BCUT2D eigenvalue weighted by Gasteiger charge is -2.44. The van der Waals surface area contributed by atoms with Crippen LogP contribution >= 0.6 is 0 Å². The molecule has 2 saturated carbocycles. The minimum atomic E-state index is -0.320. The molecule has 2 aromatic carbocycles. The van der Waals surface area contributed by atoms with E-state index < -0.39 is 0 Å². The minimum Gasteiger partial charge on any atom is -0.465 e. The molecule has 0 aromatic heterocycles. The lowest BCUT2D eigenvalue weighted by atomic mass is 9.67. The van der Waals surface area contributed by atoms with Crippen LogP contribution in [0.4, 0.5) is 5.69 Å². The number of esters is 2. The van der Waals surface area contributed by atoms with Gasteiger partial charge in [0, 0.05) is 5.69 Å². The number of rotatable bonds is 3. The van der Waals surface area contributed by atoms with Crippen molar-refractivity contribution in [2.45, 2.75) is 38.1 Å². The number of fused-ring (bicyclic) bond motifs is 7. The number of anilines is 1. The third-order valence-electron chi connectivity index (χ3n) is 7.62. The number of carbonyl (C=O) groups excluding carboxylic acids is 2. The number of carbonyl (C=O) groups is 2. The van der Waals surface area contributed by atoms with Crippen molar-refractivity contribution < 1.29 is 19.1 Å². The lowest BCUT2D eigenvalue weighted by Crippen LogP contribution is -2.36. The highest BCUT2D eigenvalue weighted by Gasteiger charge is 2.54. The summed E-state index contributed by atoms with van der Waals surface area (Å²) in [5, 5.41) is 3.80. The maximum atomic E-state index is 12.3. The van der Waals surface area contributed by atoms with Gasteiger partial charge in [-0.15, -0.1) is 0 Å². The monoisotopic (exact) mass is 405 g/mol. The lowest BCUT2D eigenvalue weighted by molar-refractivity contribution is 0.0591. The second-order valence-electron chi connectivity index (χ2n) is 8.87. The van der Waals surface area contributed by atoms with Gasteiger partial charge in [0.15, 0.2) is 0 Å². The molecule has 0 spiro atoms. The number of hydrogen-bond donors (Lipinski definition) is 1. The molecule has 5 rings (SSSR count). The van der Waals surface area contributed by atoms with Gasteiger partial charge in [0.1, 0.15) is 0 Å². The molecule has 3 aliphatic rings. The Morgan fingerprint density at radius 3 is 2.33 bits per heavy atom. The first-order valence-corrected chi connectivity index (χ1v) is 10.7. The molecule has 2 bridgehead atoms. The zero-order valence-electron chi connectivity index (χ0n) is 17.6. The number of nitrogens with one attached hydrogen (secondary N) is 1. The number of ether oxygens (including phenoxy) is 2. The Hall–Kier alpha value is -2.82. The summed E-state index contributed by atoms with van der Waals surface area (Å²) >= 11 is 0. The van der Waals surface area contributed by atoms with Crippen LogP contribution in [-0.4, -0.2) is 26.2 Å². The van der Waals surface area contributed by atoms with Crippen molar-refractivity contribution in [3.8, 4) is 0 Å². The van der Waals surface area contributed by atoms with Crippen molar-refractivity contribution in [3.05, 3.63) is 64.2 Å². The first-order chi connectivity index (χ1) is 14.5. The highest BCUT2D eigenvalue weighted by Crippen LogP contribution is 2.64. The summed E-state index contributed by atoms with van der Waals surface area (Å²) in [5.74, 6) is 1.85. The third kappa shape index (κ3) is 2.75. The molecule has 2 aromatic rings. The molecular formula is C25H27NO4. The van der Waals surface area contributed by atoms with E-state index in [0.29, 0.717) is 34.8 Å². The quantitative estimate of drug-likeness (QED) is 0.739. The van der Waals surface area contributed by atoms with Gasteiger partial charge in [0.05, 0.1) is 31.4 Å². The van der Waals surface area contributed by atoms with Crippen LogP contribution < -0.4 is 5.32 Å². The third-order valence-corrected chi connectivity index (χ3v) is 7.62. The average molecular weight is 405 g/mol. The minimum absolute atomic E-state index is 0.163. The highest BCUT2D eigenvalue weighted by atomic mass is 16.5. The van der Waals surface area contributed by atoms with Gasteiger partial charge >= 0.3 is 11.9 Å². The van der Waals surface area contributed by atoms with Crippen molar-refractivity contribution in [2.75, 3.05) is 19.5 Å².